The second-order valence-electron chi connectivity index (χ2n) is 4.63. The van der Waals surface area contributed by atoms with Crippen molar-refractivity contribution in [3.8, 4) is 0 Å². The molecule has 3 rings (SSSR count). The van der Waals surface area contributed by atoms with Gasteiger partial charge in [-0.3, -0.25) is 0 Å². The lowest BCUT2D eigenvalue weighted by atomic mass is 9.63. The molecule has 0 amide bonds. The molecule has 5 unspecified atom stereocenters. The Morgan fingerprint density at radius 2 is 1.80 bits per heavy atom. The average Bonchev–Trinajstić information content (AvgIpc) is 2.57. The fraction of sp³-hybridized carbons (Fsp3) is 1.00. The van der Waals surface area contributed by atoms with Crippen molar-refractivity contribution in [3.63, 3.8) is 0 Å². The molecule has 0 aromatic rings. The minimum Gasteiger partial charge on any atom is -0.0651 e. The second-order valence-corrected chi connectivity index (χ2v) is 4.63. The lowest BCUT2D eigenvalue weighted by Gasteiger charge is -2.42. The Morgan fingerprint density at radius 1 is 1.00 bits per heavy atom. The molecule has 0 nitrogen and oxygen atoms in total. The Kier molecular flexibility index (Phi) is 0.898. The van der Waals surface area contributed by atoms with Crippen LogP contribution in [0.5, 0.6) is 0 Å². The maximum atomic E-state index is 2.37. The molecule has 10 heavy (non-hydrogen) atoms. The molecule has 0 aliphatic heterocycles. The Morgan fingerprint density at radius 3 is 2.50 bits per heavy atom. The molecule has 56 valence electrons. The first-order chi connectivity index (χ1) is 4.90. The lowest BCUT2D eigenvalue weighted by molar-refractivity contribution is 0.0746. The number of hydrogen-bond acceptors (Lipinski definition) is 0. The van der Waals surface area contributed by atoms with E-state index in [0.717, 1.165) is 5.92 Å². The Bertz CT molecular complexity index is 161. The zero-order chi connectivity index (χ0) is 6.72. The van der Waals surface area contributed by atoms with Crippen LogP contribution in [0.4, 0.5) is 0 Å². The first-order valence-corrected chi connectivity index (χ1v) is 4.90. The third kappa shape index (κ3) is 0.500. The minimum atomic E-state index is 1.15. The van der Waals surface area contributed by atoms with Gasteiger partial charge in [-0.2, -0.15) is 0 Å². The van der Waals surface area contributed by atoms with Crippen LogP contribution in [-0.2, 0) is 0 Å². The van der Waals surface area contributed by atoms with Crippen LogP contribution in [0.3, 0.4) is 0 Å². The van der Waals surface area contributed by atoms with E-state index in [1.165, 1.54) is 30.1 Å². The van der Waals surface area contributed by atoms with Crippen LogP contribution >= 0.6 is 0 Å². The molecule has 0 aromatic carbocycles. The summed E-state index contributed by atoms with van der Waals surface area (Å²) in [4.78, 5) is 0. The molecule has 3 saturated carbocycles. The highest BCUT2D eigenvalue weighted by Crippen LogP contribution is 2.67. The predicted octanol–water partition coefficient (Wildman–Crippen LogP) is 2.69. The molecule has 3 aliphatic carbocycles. The van der Waals surface area contributed by atoms with Crippen LogP contribution in [-0.4, -0.2) is 0 Å². The van der Waals surface area contributed by atoms with Gasteiger partial charge < -0.3 is 0 Å². The topological polar surface area (TPSA) is 0 Å². The summed E-state index contributed by atoms with van der Waals surface area (Å²) in [5, 5.41) is 0. The third-order valence-corrected chi connectivity index (χ3v) is 4.36. The number of rotatable bonds is 1. The normalized spacial score (nSPS) is 62.7. The van der Waals surface area contributed by atoms with E-state index in [1.807, 2.05) is 0 Å². The van der Waals surface area contributed by atoms with Crippen molar-refractivity contribution in [2.45, 2.75) is 32.6 Å². The SMILES string of the molecule is CCC1CC2C3CC3CC12. The van der Waals surface area contributed by atoms with Gasteiger partial charge in [0.25, 0.3) is 0 Å². The van der Waals surface area contributed by atoms with Gasteiger partial charge in [0.1, 0.15) is 0 Å². The van der Waals surface area contributed by atoms with Crippen LogP contribution in [0.15, 0.2) is 0 Å². The third-order valence-electron chi connectivity index (χ3n) is 4.36. The monoisotopic (exact) mass is 136 g/mol. The molecule has 0 bridgehead atoms. The van der Waals surface area contributed by atoms with Crippen LogP contribution in [0.2, 0.25) is 0 Å². The quantitative estimate of drug-likeness (QED) is 0.520. The van der Waals surface area contributed by atoms with Gasteiger partial charge in [-0.25, -0.2) is 0 Å². The van der Waals surface area contributed by atoms with Crippen molar-refractivity contribution < 1.29 is 0 Å². The van der Waals surface area contributed by atoms with Gasteiger partial charge in [0.15, 0.2) is 0 Å². The van der Waals surface area contributed by atoms with E-state index in [-0.39, 0.29) is 0 Å². The van der Waals surface area contributed by atoms with Crippen LogP contribution < -0.4 is 0 Å². The van der Waals surface area contributed by atoms with Crippen molar-refractivity contribution in [2.24, 2.45) is 29.6 Å². The van der Waals surface area contributed by atoms with E-state index in [0.29, 0.717) is 0 Å². The van der Waals surface area contributed by atoms with Crippen molar-refractivity contribution in [1.82, 2.24) is 0 Å². The summed E-state index contributed by atoms with van der Waals surface area (Å²) in [5.41, 5.74) is 0. The van der Waals surface area contributed by atoms with Crippen molar-refractivity contribution in [2.75, 3.05) is 0 Å². The summed E-state index contributed by atoms with van der Waals surface area (Å²) < 4.78 is 0. The smallest absolute Gasteiger partial charge is 0.0349 e. The lowest BCUT2D eigenvalue weighted by Crippen LogP contribution is -2.34. The maximum Gasteiger partial charge on any atom is -0.0349 e. The van der Waals surface area contributed by atoms with E-state index in [1.54, 1.807) is 19.3 Å². The molecular weight excluding hydrogens is 120 g/mol. The van der Waals surface area contributed by atoms with Gasteiger partial charge in [0.2, 0.25) is 0 Å². The average molecular weight is 136 g/mol. The summed E-state index contributed by atoms with van der Waals surface area (Å²) in [6.45, 7) is 2.37. The highest BCUT2D eigenvalue weighted by molar-refractivity contribution is 5.08. The summed E-state index contributed by atoms with van der Waals surface area (Å²) in [6.07, 6.45) is 6.29. The first-order valence-electron chi connectivity index (χ1n) is 4.90. The summed E-state index contributed by atoms with van der Waals surface area (Å²) >= 11 is 0. The highest BCUT2D eigenvalue weighted by Gasteiger charge is 2.59. The van der Waals surface area contributed by atoms with Gasteiger partial charge >= 0.3 is 0 Å². The van der Waals surface area contributed by atoms with Crippen LogP contribution in [0.25, 0.3) is 0 Å². The second kappa shape index (κ2) is 1.60. The fourth-order valence-electron chi connectivity index (χ4n) is 3.60. The molecular formula is C10H16. The predicted molar refractivity (Wildman–Crippen MR) is 41.6 cm³/mol. The highest BCUT2D eigenvalue weighted by atomic mass is 14.6. The van der Waals surface area contributed by atoms with Crippen molar-refractivity contribution in [3.05, 3.63) is 0 Å². The van der Waals surface area contributed by atoms with E-state index >= 15 is 0 Å². The first kappa shape index (κ1) is 5.62. The largest absolute Gasteiger partial charge is 0.0651 e. The summed E-state index contributed by atoms with van der Waals surface area (Å²) in [5.74, 6) is 6.01. The van der Waals surface area contributed by atoms with Crippen molar-refractivity contribution >= 4 is 0 Å². The zero-order valence-corrected chi connectivity index (χ0v) is 6.72. The Labute approximate surface area is 63.0 Å². The molecule has 0 N–H and O–H groups in total. The van der Waals surface area contributed by atoms with Crippen molar-refractivity contribution in [1.29, 1.82) is 0 Å². The zero-order valence-electron chi connectivity index (χ0n) is 6.72. The number of hydrogen-bond donors (Lipinski definition) is 0. The van der Waals surface area contributed by atoms with E-state index < -0.39 is 0 Å². The van der Waals surface area contributed by atoms with Crippen LogP contribution in [0, 0.1) is 29.6 Å². The molecule has 0 heterocycles. The standard InChI is InChI=1S/C10H16/c1-2-6-3-10-8(6)4-7-5-9(7)10/h6-10H,2-5H2,1H3. The molecule has 0 spiro atoms. The molecule has 3 fully saturated rings. The fourth-order valence-corrected chi connectivity index (χ4v) is 3.60. The van der Waals surface area contributed by atoms with Gasteiger partial charge in [-0.05, 0) is 48.9 Å². The van der Waals surface area contributed by atoms with E-state index in [2.05, 4.69) is 6.92 Å². The minimum absolute atomic E-state index is 1.15. The van der Waals surface area contributed by atoms with E-state index in [9.17, 15) is 0 Å². The molecule has 0 radical (unpaired) electrons. The summed E-state index contributed by atoms with van der Waals surface area (Å²) in [6, 6.07) is 0. The molecule has 5 atom stereocenters. The molecule has 3 aliphatic rings. The van der Waals surface area contributed by atoms with Crippen LogP contribution in [0.1, 0.15) is 32.6 Å². The molecule has 0 saturated heterocycles. The molecule has 0 aromatic heterocycles. The van der Waals surface area contributed by atoms with Gasteiger partial charge in [-0.1, -0.05) is 13.3 Å². The summed E-state index contributed by atoms with van der Waals surface area (Å²) in [7, 11) is 0. The van der Waals surface area contributed by atoms with E-state index in [4.69, 9.17) is 0 Å². The maximum absolute atomic E-state index is 2.37. The number of fused-ring (bicyclic) bond motifs is 3. The van der Waals surface area contributed by atoms with Gasteiger partial charge in [-0.15, -0.1) is 0 Å². The van der Waals surface area contributed by atoms with Gasteiger partial charge in [0.05, 0.1) is 0 Å². The molecule has 0 heteroatoms. The Hall–Kier alpha value is 0. The van der Waals surface area contributed by atoms with Gasteiger partial charge in [0, 0.05) is 0 Å². The Balaban J connectivity index is 1.74.